The molecule has 2 N–H and O–H groups in total. The molecule has 1 atom stereocenters. The quantitative estimate of drug-likeness (QED) is 0.847. The predicted octanol–water partition coefficient (Wildman–Crippen LogP) is 3.12. The summed E-state index contributed by atoms with van der Waals surface area (Å²) in [5.74, 6) is -1.03. The molecule has 1 unspecified atom stereocenters. The van der Waals surface area contributed by atoms with Crippen LogP contribution in [0.25, 0.3) is 0 Å². The van der Waals surface area contributed by atoms with Crippen molar-refractivity contribution in [2.45, 2.75) is 19.1 Å². The van der Waals surface area contributed by atoms with Gasteiger partial charge in [0.05, 0.1) is 5.75 Å². The molecule has 1 rings (SSSR count). The first-order chi connectivity index (χ1) is 8.90. The number of carbonyl (C=O) groups is 2. The predicted molar refractivity (Wildman–Crippen MR) is 78.8 cm³/mol. The first kappa shape index (κ1) is 15.9. The van der Waals surface area contributed by atoms with Gasteiger partial charge in [0.25, 0.3) is 0 Å². The largest absolute Gasteiger partial charge is 0.480 e. The summed E-state index contributed by atoms with van der Waals surface area (Å²) in [6.45, 7) is 3.64. The minimum Gasteiger partial charge on any atom is -0.480 e. The number of aliphatic carboxylic acids is 1. The summed E-state index contributed by atoms with van der Waals surface area (Å²) in [5.41, 5.74) is 0.645. The molecule has 0 aliphatic carbocycles. The number of hydrogen-bond acceptors (Lipinski definition) is 3. The average Bonchev–Trinajstić information content (AvgIpc) is 2.31. The zero-order valence-corrected chi connectivity index (χ0v) is 12.3. The van der Waals surface area contributed by atoms with E-state index in [2.05, 4.69) is 5.32 Å². The van der Waals surface area contributed by atoms with Gasteiger partial charge in [0, 0.05) is 10.7 Å². The third-order valence-corrected chi connectivity index (χ3v) is 4.16. The Morgan fingerprint density at radius 3 is 2.37 bits per heavy atom. The minimum absolute atomic E-state index is 0.0224. The highest BCUT2D eigenvalue weighted by Gasteiger charge is 2.22. The van der Waals surface area contributed by atoms with Gasteiger partial charge in [-0.3, -0.25) is 9.59 Å². The van der Waals surface area contributed by atoms with Crippen molar-refractivity contribution in [3.63, 3.8) is 0 Å². The number of carboxylic acid groups (broad SMARTS) is 1. The van der Waals surface area contributed by atoms with Crippen molar-refractivity contribution in [3.05, 3.63) is 29.3 Å². The van der Waals surface area contributed by atoms with E-state index in [4.69, 9.17) is 16.7 Å². The van der Waals surface area contributed by atoms with Crippen molar-refractivity contribution < 1.29 is 14.7 Å². The van der Waals surface area contributed by atoms with E-state index in [0.29, 0.717) is 10.7 Å². The number of rotatable bonds is 6. The van der Waals surface area contributed by atoms with Gasteiger partial charge in [0.15, 0.2) is 0 Å². The first-order valence-electron chi connectivity index (χ1n) is 5.80. The maximum absolute atomic E-state index is 11.7. The minimum atomic E-state index is -0.890. The van der Waals surface area contributed by atoms with Crippen LogP contribution in [0.2, 0.25) is 5.02 Å². The van der Waals surface area contributed by atoms with Crippen LogP contribution in [-0.2, 0) is 9.59 Å². The SMILES string of the molecule is CC(C)C(SCC(=O)Nc1ccc(Cl)cc1)C(=O)O. The molecule has 0 bridgehead atoms. The van der Waals surface area contributed by atoms with Crippen molar-refractivity contribution in [1.82, 2.24) is 0 Å². The highest BCUT2D eigenvalue weighted by atomic mass is 35.5. The van der Waals surface area contributed by atoms with E-state index in [1.807, 2.05) is 13.8 Å². The summed E-state index contributed by atoms with van der Waals surface area (Å²) in [6.07, 6.45) is 0. The molecule has 0 radical (unpaired) electrons. The molecule has 104 valence electrons. The van der Waals surface area contributed by atoms with Crippen LogP contribution in [0.5, 0.6) is 0 Å². The molecular formula is C13H16ClNO3S. The molecule has 0 saturated heterocycles. The van der Waals surface area contributed by atoms with Crippen molar-refractivity contribution in [3.8, 4) is 0 Å². The lowest BCUT2D eigenvalue weighted by Gasteiger charge is -2.15. The number of hydrogen-bond donors (Lipinski definition) is 2. The van der Waals surface area contributed by atoms with Crippen LogP contribution in [-0.4, -0.2) is 28.0 Å². The van der Waals surface area contributed by atoms with Gasteiger partial charge in [-0.05, 0) is 30.2 Å². The summed E-state index contributed by atoms with van der Waals surface area (Å²) in [6, 6.07) is 6.75. The molecule has 4 nitrogen and oxygen atoms in total. The number of amides is 1. The van der Waals surface area contributed by atoms with Crippen molar-refractivity contribution >= 4 is 40.9 Å². The average molecular weight is 302 g/mol. The Bertz CT molecular complexity index is 448. The summed E-state index contributed by atoms with van der Waals surface area (Å²) < 4.78 is 0. The van der Waals surface area contributed by atoms with Crippen LogP contribution in [0.4, 0.5) is 5.69 Å². The van der Waals surface area contributed by atoms with Crippen LogP contribution in [0, 0.1) is 5.92 Å². The lowest BCUT2D eigenvalue weighted by Crippen LogP contribution is -2.25. The second kappa shape index (κ2) is 7.40. The highest BCUT2D eigenvalue weighted by molar-refractivity contribution is 8.01. The number of benzene rings is 1. The smallest absolute Gasteiger partial charge is 0.316 e. The molecule has 1 amide bonds. The zero-order valence-electron chi connectivity index (χ0n) is 10.7. The number of carboxylic acids is 1. The van der Waals surface area contributed by atoms with Gasteiger partial charge >= 0.3 is 5.97 Å². The molecule has 0 aromatic heterocycles. The molecule has 19 heavy (non-hydrogen) atoms. The lowest BCUT2D eigenvalue weighted by atomic mass is 10.1. The van der Waals surface area contributed by atoms with Gasteiger partial charge in [-0.25, -0.2) is 0 Å². The Morgan fingerprint density at radius 1 is 1.32 bits per heavy atom. The molecular weight excluding hydrogens is 286 g/mol. The van der Waals surface area contributed by atoms with E-state index in [1.54, 1.807) is 24.3 Å². The number of thioether (sulfide) groups is 1. The first-order valence-corrected chi connectivity index (χ1v) is 7.22. The van der Waals surface area contributed by atoms with Gasteiger partial charge in [-0.2, -0.15) is 0 Å². The van der Waals surface area contributed by atoms with Crippen molar-refractivity contribution in [2.24, 2.45) is 5.92 Å². The van der Waals surface area contributed by atoms with E-state index in [9.17, 15) is 9.59 Å². The highest BCUT2D eigenvalue weighted by Crippen LogP contribution is 2.20. The van der Waals surface area contributed by atoms with Crippen LogP contribution in [0.1, 0.15) is 13.8 Å². The Morgan fingerprint density at radius 2 is 1.89 bits per heavy atom. The zero-order chi connectivity index (χ0) is 14.4. The molecule has 6 heteroatoms. The van der Waals surface area contributed by atoms with Gasteiger partial charge in [-0.1, -0.05) is 25.4 Å². The monoisotopic (exact) mass is 301 g/mol. The second-order valence-electron chi connectivity index (χ2n) is 4.37. The van der Waals surface area contributed by atoms with Gasteiger partial charge in [-0.15, -0.1) is 11.8 Å². The van der Waals surface area contributed by atoms with Crippen molar-refractivity contribution in [2.75, 3.05) is 11.1 Å². The second-order valence-corrected chi connectivity index (χ2v) is 5.94. The lowest BCUT2D eigenvalue weighted by molar-refractivity contribution is -0.137. The van der Waals surface area contributed by atoms with Gasteiger partial charge in [0.2, 0.25) is 5.91 Å². The Hall–Kier alpha value is -1.20. The van der Waals surface area contributed by atoms with Crippen LogP contribution in [0.15, 0.2) is 24.3 Å². The Kier molecular flexibility index (Phi) is 6.18. The Labute approximate surface area is 121 Å². The summed E-state index contributed by atoms with van der Waals surface area (Å²) >= 11 is 6.87. The van der Waals surface area contributed by atoms with E-state index in [0.717, 1.165) is 11.8 Å². The maximum atomic E-state index is 11.7. The van der Waals surface area contributed by atoms with E-state index in [1.165, 1.54) is 0 Å². The van der Waals surface area contributed by atoms with Crippen molar-refractivity contribution in [1.29, 1.82) is 0 Å². The fraction of sp³-hybridized carbons (Fsp3) is 0.385. The number of halogens is 1. The maximum Gasteiger partial charge on any atom is 0.316 e. The number of carbonyl (C=O) groups excluding carboxylic acids is 1. The molecule has 0 fully saturated rings. The summed E-state index contributed by atoms with van der Waals surface area (Å²) in [5, 5.41) is 11.7. The Balaban J connectivity index is 2.47. The standard InChI is InChI=1S/C13H16ClNO3S/c1-8(2)12(13(17)18)19-7-11(16)15-10-5-3-9(14)4-6-10/h3-6,8,12H,7H2,1-2H3,(H,15,16)(H,17,18). The molecule has 0 aliphatic rings. The fourth-order valence-corrected chi connectivity index (χ4v) is 2.50. The van der Waals surface area contributed by atoms with E-state index >= 15 is 0 Å². The fourth-order valence-electron chi connectivity index (χ4n) is 1.44. The molecule has 0 aliphatic heterocycles. The number of nitrogens with one attached hydrogen (secondary N) is 1. The normalized spacial score (nSPS) is 12.2. The van der Waals surface area contributed by atoms with E-state index in [-0.39, 0.29) is 17.6 Å². The topological polar surface area (TPSA) is 66.4 Å². The summed E-state index contributed by atoms with van der Waals surface area (Å²) in [7, 11) is 0. The van der Waals surface area contributed by atoms with Crippen LogP contribution in [0.3, 0.4) is 0 Å². The molecule has 0 saturated carbocycles. The van der Waals surface area contributed by atoms with E-state index < -0.39 is 11.2 Å². The molecule has 1 aromatic rings. The van der Waals surface area contributed by atoms with Crippen LogP contribution >= 0.6 is 23.4 Å². The van der Waals surface area contributed by atoms with Crippen LogP contribution < -0.4 is 5.32 Å². The third kappa shape index (κ3) is 5.53. The van der Waals surface area contributed by atoms with Gasteiger partial charge < -0.3 is 10.4 Å². The molecule has 0 heterocycles. The number of anilines is 1. The van der Waals surface area contributed by atoms with Gasteiger partial charge in [0.1, 0.15) is 5.25 Å². The molecule has 0 spiro atoms. The third-order valence-electron chi connectivity index (χ3n) is 2.37. The summed E-state index contributed by atoms with van der Waals surface area (Å²) in [4.78, 5) is 22.7. The molecule has 1 aromatic carbocycles.